The van der Waals surface area contributed by atoms with Crippen molar-refractivity contribution in [1.29, 1.82) is 0 Å². The molecule has 0 spiro atoms. The van der Waals surface area contributed by atoms with E-state index < -0.39 is 18.2 Å². The third-order valence-corrected chi connectivity index (χ3v) is 5.23. The molecule has 0 unspecified atom stereocenters. The van der Waals surface area contributed by atoms with Crippen molar-refractivity contribution in [1.82, 2.24) is 25.1 Å². The molecule has 3 aromatic rings. The Balaban J connectivity index is 1.75. The van der Waals surface area contributed by atoms with Gasteiger partial charge in [-0.05, 0) is 31.0 Å². The van der Waals surface area contributed by atoms with E-state index in [-0.39, 0.29) is 23.1 Å². The molecule has 0 aliphatic carbocycles. The predicted molar refractivity (Wildman–Crippen MR) is 101 cm³/mol. The Labute approximate surface area is 165 Å². The number of carbonyl (C=O) groups excluding carboxylic acids is 1. The second-order valence-corrected chi connectivity index (χ2v) is 6.87. The summed E-state index contributed by atoms with van der Waals surface area (Å²) in [5, 5.41) is 16.3. The molecule has 2 N–H and O–H groups in total. The summed E-state index contributed by atoms with van der Waals surface area (Å²) in [6.07, 6.45) is 4.27. The lowest BCUT2D eigenvalue weighted by molar-refractivity contribution is -0.135. The third kappa shape index (κ3) is 3.61. The molecular weight excluding hydrogens is 380 g/mol. The zero-order valence-electron chi connectivity index (χ0n) is 15.5. The van der Waals surface area contributed by atoms with Crippen LogP contribution in [0.5, 0.6) is 0 Å². The first-order chi connectivity index (χ1) is 14.1. The minimum Gasteiger partial charge on any atom is -0.387 e. The van der Waals surface area contributed by atoms with E-state index in [0.29, 0.717) is 37.2 Å². The van der Waals surface area contributed by atoms with Crippen molar-refractivity contribution < 1.29 is 18.7 Å². The summed E-state index contributed by atoms with van der Waals surface area (Å²) < 4.78 is 28.3. The highest BCUT2D eigenvalue weighted by atomic mass is 19.2. The highest BCUT2D eigenvalue weighted by Crippen LogP contribution is 2.39. The van der Waals surface area contributed by atoms with Crippen LogP contribution in [0.15, 0.2) is 36.8 Å². The van der Waals surface area contributed by atoms with Crippen LogP contribution in [0, 0.1) is 11.6 Å². The molecule has 1 aromatic carbocycles. The van der Waals surface area contributed by atoms with Gasteiger partial charge in [-0.2, -0.15) is 5.10 Å². The standard InChI is InChI=1S/C20H19F2N5O2/c21-14-3-1-2-13(18(14)22)20-17(15-4-7-23-11-24-15)19(25-26-20)12-5-8-27(9-6-12)16(29)10-28/h1-4,7,11-12,28H,5-6,8-10H2,(H,25,26). The largest absolute Gasteiger partial charge is 0.387 e. The molecule has 1 aliphatic rings. The number of aromatic amines is 1. The number of nitrogens with one attached hydrogen (secondary N) is 1. The Kier molecular flexibility index (Phi) is 5.30. The van der Waals surface area contributed by atoms with E-state index in [0.717, 1.165) is 11.8 Å². The number of likely N-dealkylation sites (tertiary alicyclic amines) is 1. The summed E-state index contributed by atoms with van der Waals surface area (Å²) in [6, 6.07) is 5.67. The van der Waals surface area contributed by atoms with E-state index >= 15 is 0 Å². The molecule has 3 heterocycles. The average Bonchev–Trinajstić information content (AvgIpc) is 3.20. The zero-order chi connectivity index (χ0) is 20.4. The van der Waals surface area contributed by atoms with Gasteiger partial charge >= 0.3 is 0 Å². The Morgan fingerprint density at radius 1 is 1.24 bits per heavy atom. The van der Waals surface area contributed by atoms with Gasteiger partial charge in [0, 0.05) is 42.0 Å². The number of hydrogen-bond acceptors (Lipinski definition) is 5. The van der Waals surface area contributed by atoms with Crippen LogP contribution in [0.3, 0.4) is 0 Å². The van der Waals surface area contributed by atoms with E-state index in [1.807, 2.05) is 0 Å². The lowest BCUT2D eigenvalue weighted by Gasteiger charge is -2.31. The maximum absolute atomic E-state index is 14.5. The number of nitrogens with zero attached hydrogens (tertiary/aromatic N) is 4. The lowest BCUT2D eigenvalue weighted by Crippen LogP contribution is -2.39. The number of benzene rings is 1. The molecule has 150 valence electrons. The highest BCUT2D eigenvalue weighted by molar-refractivity contribution is 5.81. The number of aliphatic hydroxyl groups excluding tert-OH is 1. The molecule has 2 aromatic heterocycles. The van der Waals surface area contributed by atoms with Crippen molar-refractivity contribution in [2.45, 2.75) is 18.8 Å². The molecule has 9 heteroatoms. The third-order valence-electron chi connectivity index (χ3n) is 5.23. The summed E-state index contributed by atoms with van der Waals surface area (Å²) >= 11 is 0. The summed E-state index contributed by atoms with van der Waals surface area (Å²) in [5.41, 5.74) is 2.25. The first kappa shape index (κ1) is 19.1. The van der Waals surface area contributed by atoms with E-state index in [4.69, 9.17) is 5.11 Å². The first-order valence-electron chi connectivity index (χ1n) is 9.27. The highest BCUT2D eigenvalue weighted by Gasteiger charge is 2.29. The van der Waals surface area contributed by atoms with Gasteiger partial charge in [-0.15, -0.1) is 0 Å². The van der Waals surface area contributed by atoms with Crippen molar-refractivity contribution in [3.8, 4) is 22.5 Å². The number of piperidine rings is 1. The Hall–Kier alpha value is -3.20. The van der Waals surface area contributed by atoms with Crippen LogP contribution in [0.2, 0.25) is 0 Å². The van der Waals surface area contributed by atoms with E-state index in [1.54, 1.807) is 17.2 Å². The summed E-state index contributed by atoms with van der Waals surface area (Å²) in [6.45, 7) is 0.482. The van der Waals surface area contributed by atoms with Crippen LogP contribution in [0.25, 0.3) is 22.5 Å². The molecule has 1 aliphatic heterocycles. The summed E-state index contributed by atoms with van der Waals surface area (Å²) in [7, 11) is 0. The molecule has 7 nitrogen and oxygen atoms in total. The Morgan fingerprint density at radius 2 is 2.03 bits per heavy atom. The number of aromatic nitrogens is 4. The van der Waals surface area contributed by atoms with Crippen LogP contribution in [0.1, 0.15) is 24.5 Å². The maximum atomic E-state index is 14.5. The number of halogens is 2. The average molecular weight is 399 g/mol. The number of rotatable bonds is 4. The first-order valence-corrected chi connectivity index (χ1v) is 9.27. The van der Waals surface area contributed by atoms with Crippen molar-refractivity contribution in [2.24, 2.45) is 0 Å². The van der Waals surface area contributed by atoms with Crippen LogP contribution in [-0.2, 0) is 4.79 Å². The summed E-state index contributed by atoms with van der Waals surface area (Å²) in [4.78, 5) is 21.5. The molecule has 0 bridgehead atoms. The monoisotopic (exact) mass is 399 g/mol. The molecule has 1 saturated heterocycles. The van der Waals surface area contributed by atoms with Crippen LogP contribution in [-0.4, -0.2) is 55.8 Å². The van der Waals surface area contributed by atoms with E-state index in [1.165, 1.54) is 18.5 Å². The predicted octanol–water partition coefficient (Wildman–Crippen LogP) is 2.51. The molecule has 4 rings (SSSR count). The van der Waals surface area contributed by atoms with Crippen molar-refractivity contribution in [3.63, 3.8) is 0 Å². The van der Waals surface area contributed by atoms with Crippen molar-refractivity contribution in [3.05, 3.63) is 54.1 Å². The zero-order valence-corrected chi connectivity index (χ0v) is 15.5. The van der Waals surface area contributed by atoms with Crippen molar-refractivity contribution >= 4 is 5.91 Å². The topological polar surface area (TPSA) is 95.0 Å². The van der Waals surface area contributed by atoms with Gasteiger partial charge in [0.1, 0.15) is 18.6 Å². The smallest absolute Gasteiger partial charge is 0.248 e. The lowest BCUT2D eigenvalue weighted by atomic mass is 9.88. The number of carbonyl (C=O) groups is 1. The normalized spacial score (nSPS) is 14.9. The molecule has 0 atom stereocenters. The molecule has 0 saturated carbocycles. The molecule has 0 radical (unpaired) electrons. The van der Waals surface area contributed by atoms with Gasteiger partial charge in [0.15, 0.2) is 11.6 Å². The van der Waals surface area contributed by atoms with Gasteiger partial charge in [-0.3, -0.25) is 9.89 Å². The van der Waals surface area contributed by atoms with Crippen LogP contribution < -0.4 is 0 Å². The number of aliphatic hydroxyl groups is 1. The van der Waals surface area contributed by atoms with Gasteiger partial charge in [0.2, 0.25) is 5.91 Å². The van der Waals surface area contributed by atoms with E-state index in [2.05, 4.69) is 20.2 Å². The molecule has 1 amide bonds. The molecule has 29 heavy (non-hydrogen) atoms. The minimum absolute atomic E-state index is 0.0283. The molecular formula is C20H19F2N5O2. The fraction of sp³-hybridized carbons (Fsp3) is 0.300. The fourth-order valence-electron chi connectivity index (χ4n) is 3.75. The van der Waals surface area contributed by atoms with Gasteiger partial charge in [0.05, 0.1) is 5.69 Å². The second kappa shape index (κ2) is 8.04. The van der Waals surface area contributed by atoms with Gasteiger partial charge < -0.3 is 10.0 Å². The van der Waals surface area contributed by atoms with Crippen LogP contribution in [0.4, 0.5) is 8.78 Å². The van der Waals surface area contributed by atoms with Gasteiger partial charge in [-0.25, -0.2) is 18.7 Å². The Morgan fingerprint density at radius 3 is 2.72 bits per heavy atom. The maximum Gasteiger partial charge on any atom is 0.248 e. The number of H-pyrrole nitrogens is 1. The molecule has 1 fully saturated rings. The second-order valence-electron chi connectivity index (χ2n) is 6.87. The van der Waals surface area contributed by atoms with Gasteiger partial charge in [-0.1, -0.05) is 6.07 Å². The Bertz CT molecular complexity index is 1020. The number of amides is 1. The fourth-order valence-corrected chi connectivity index (χ4v) is 3.75. The quantitative estimate of drug-likeness (QED) is 0.703. The summed E-state index contributed by atoms with van der Waals surface area (Å²) in [5.74, 6) is -2.19. The van der Waals surface area contributed by atoms with Crippen molar-refractivity contribution in [2.75, 3.05) is 19.7 Å². The van der Waals surface area contributed by atoms with Gasteiger partial charge in [0.25, 0.3) is 0 Å². The SMILES string of the molecule is O=C(CO)N1CCC(c2[nH]nc(-c3cccc(F)c3F)c2-c2ccncn2)CC1. The van der Waals surface area contributed by atoms with Crippen LogP contribution >= 0.6 is 0 Å². The number of hydrogen-bond donors (Lipinski definition) is 2. The van der Waals surface area contributed by atoms with E-state index in [9.17, 15) is 13.6 Å². The minimum atomic E-state index is -0.968.